The zero-order valence-corrected chi connectivity index (χ0v) is 14.5. The molecule has 3 aromatic rings. The lowest BCUT2D eigenvalue weighted by molar-refractivity contribution is -0.384. The number of hydrogen-bond donors (Lipinski definition) is 0. The number of fused-ring (bicyclic) bond motifs is 1. The third kappa shape index (κ3) is 3.37. The third-order valence-electron chi connectivity index (χ3n) is 3.33. The van der Waals surface area contributed by atoms with Crippen LogP contribution in [0, 0.1) is 10.1 Å². The predicted octanol–water partition coefficient (Wildman–Crippen LogP) is 5.32. The molecule has 0 atom stereocenters. The fourth-order valence-corrected chi connectivity index (χ4v) is 2.92. The van der Waals surface area contributed by atoms with Crippen LogP contribution in [0.15, 0.2) is 42.6 Å². The highest BCUT2D eigenvalue weighted by Gasteiger charge is 2.21. The Bertz CT molecular complexity index is 1020. The fraction of sp³-hybridized carbons (Fsp3) is 0. The van der Waals surface area contributed by atoms with E-state index in [9.17, 15) is 14.9 Å². The highest BCUT2D eigenvalue weighted by Crippen LogP contribution is 2.37. The van der Waals surface area contributed by atoms with Crippen LogP contribution in [-0.4, -0.2) is 15.9 Å². The third-order valence-corrected chi connectivity index (χ3v) is 4.25. The number of ether oxygens (including phenoxy) is 1. The number of nitro benzene ring substituents is 1. The van der Waals surface area contributed by atoms with Gasteiger partial charge >= 0.3 is 5.97 Å². The number of non-ortho nitro benzene ring substituents is 1. The Hall–Kier alpha value is -2.41. The molecule has 25 heavy (non-hydrogen) atoms. The lowest BCUT2D eigenvalue weighted by atomic mass is 10.2. The van der Waals surface area contributed by atoms with Crippen LogP contribution in [0.4, 0.5) is 5.69 Å². The summed E-state index contributed by atoms with van der Waals surface area (Å²) in [5.74, 6) is -0.904. The average Bonchev–Trinajstić information content (AvgIpc) is 2.58. The van der Waals surface area contributed by atoms with E-state index in [0.717, 1.165) is 6.07 Å². The highest BCUT2D eigenvalue weighted by molar-refractivity contribution is 6.40. The SMILES string of the molecule is O=C(Oc1c(Cl)cc(Cl)c2cccnc12)c1cc([N+](=O)[O-])ccc1Cl. The minimum Gasteiger partial charge on any atom is -0.419 e. The van der Waals surface area contributed by atoms with Crippen molar-refractivity contribution in [1.82, 2.24) is 4.98 Å². The molecule has 0 unspecified atom stereocenters. The van der Waals surface area contributed by atoms with Crippen LogP contribution >= 0.6 is 34.8 Å². The van der Waals surface area contributed by atoms with Crippen molar-refractivity contribution in [2.45, 2.75) is 0 Å². The highest BCUT2D eigenvalue weighted by atomic mass is 35.5. The maximum atomic E-state index is 12.4. The minimum atomic E-state index is -0.898. The summed E-state index contributed by atoms with van der Waals surface area (Å²) in [5, 5.41) is 11.9. The quantitative estimate of drug-likeness (QED) is 0.258. The van der Waals surface area contributed by atoms with E-state index >= 15 is 0 Å². The number of hydrogen-bond acceptors (Lipinski definition) is 5. The zero-order valence-electron chi connectivity index (χ0n) is 12.2. The molecule has 126 valence electrons. The molecule has 0 bridgehead atoms. The molecule has 3 rings (SSSR count). The van der Waals surface area contributed by atoms with Gasteiger partial charge in [0.15, 0.2) is 5.75 Å². The van der Waals surface area contributed by atoms with Crippen molar-refractivity contribution in [2.75, 3.05) is 0 Å². The van der Waals surface area contributed by atoms with Crippen LogP contribution in [-0.2, 0) is 0 Å². The molecule has 2 aromatic carbocycles. The van der Waals surface area contributed by atoms with Crippen molar-refractivity contribution in [1.29, 1.82) is 0 Å². The molecule has 0 aliphatic carbocycles. The second-order valence-corrected chi connectivity index (χ2v) is 6.10. The van der Waals surface area contributed by atoms with Crippen LogP contribution in [0.2, 0.25) is 15.1 Å². The second kappa shape index (κ2) is 6.84. The maximum absolute atomic E-state index is 12.4. The number of benzene rings is 2. The van der Waals surface area contributed by atoms with E-state index in [-0.39, 0.29) is 32.6 Å². The van der Waals surface area contributed by atoms with E-state index in [1.54, 1.807) is 12.1 Å². The Kier molecular flexibility index (Phi) is 4.76. The Labute approximate surface area is 156 Å². The van der Waals surface area contributed by atoms with E-state index in [2.05, 4.69) is 4.98 Å². The number of aromatic nitrogens is 1. The molecule has 0 fully saturated rings. The average molecular weight is 398 g/mol. The summed E-state index contributed by atoms with van der Waals surface area (Å²) in [4.78, 5) is 26.8. The summed E-state index contributed by atoms with van der Waals surface area (Å²) in [5.41, 5.74) is -0.164. The van der Waals surface area contributed by atoms with E-state index in [1.807, 2.05) is 0 Å². The van der Waals surface area contributed by atoms with E-state index in [1.165, 1.54) is 24.4 Å². The number of esters is 1. The lowest BCUT2D eigenvalue weighted by Gasteiger charge is -2.11. The topological polar surface area (TPSA) is 82.3 Å². The summed E-state index contributed by atoms with van der Waals surface area (Å²) in [6, 6.07) is 8.25. The smallest absolute Gasteiger partial charge is 0.345 e. The molecule has 0 aliphatic rings. The molecule has 0 N–H and O–H groups in total. The normalized spacial score (nSPS) is 10.7. The molecule has 0 saturated heterocycles. The summed E-state index contributed by atoms with van der Waals surface area (Å²) in [6.45, 7) is 0. The van der Waals surface area contributed by atoms with Crippen LogP contribution in [0.3, 0.4) is 0 Å². The van der Waals surface area contributed by atoms with Crippen molar-refractivity contribution in [3.8, 4) is 5.75 Å². The first-order chi connectivity index (χ1) is 11.9. The van der Waals surface area contributed by atoms with Crippen LogP contribution in [0.1, 0.15) is 10.4 Å². The van der Waals surface area contributed by atoms with Gasteiger partial charge in [-0.1, -0.05) is 34.8 Å². The molecule has 1 heterocycles. The largest absolute Gasteiger partial charge is 0.419 e. The molecule has 1 aromatic heterocycles. The Balaban J connectivity index is 2.07. The standard InChI is InChI=1S/C16H7Cl3N2O4/c17-11-4-3-8(21(23)24)6-10(11)16(22)25-15-13(19)7-12(18)9-2-1-5-20-14(9)15/h1-7H. The molecule has 9 heteroatoms. The molecule has 0 saturated carbocycles. The summed E-state index contributed by atoms with van der Waals surface area (Å²) >= 11 is 18.2. The van der Waals surface area contributed by atoms with Gasteiger partial charge in [-0.25, -0.2) is 4.79 Å². The monoisotopic (exact) mass is 396 g/mol. The number of pyridine rings is 1. The summed E-state index contributed by atoms with van der Waals surface area (Å²) in [6.07, 6.45) is 1.49. The molecule has 0 amide bonds. The zero-order chi connectivity index (χ0) is 18.1. The first-order valence-corrected chi connectivity index (χ1v) is 7.90. The Morgan fingerprint density at radius 2 is 1.84 bits per heavy atom. The first kappa shape index (κ1) is 17.4. The number of carbonyl (C=O) groups excluding carboxylic acids is 1. The fourth-order valence-electron chi connectivity index (χ4n) is 2.17. The Morgan fingerprint density at radius 3 is 2.56 bits per heavy atom. The number of halogens is 3. The van der Waals surface area contributed by atoms with Gasteiger partial charge in [0.25, 0.3) is 5.69 Å². The Morgan fingerprint density at radius 1 is 1.08 bits per heavy atom. The van der Waals surface area contributed by atoms with Gasteiger partial charge in [0, 0.05) is 23.7 Å². The van der Waals surface area contributed by atoms with Crippen molar-refractivity contribution >= 4 is 57.4 Å². The predicted molar refractivity (Wildman–Crippen MR) is 94.8 cm³/mol. The van der Waals surface area contributed by atoms with Crippen molar-refractivity contribution in [3.63, 3.8) is 0 Å². The summed E-state index contributed by atoms with van der Waals surface area (Å²) < 4.78 is 5.32. The van der Waals surface area contributed by atoms with Gasteiger partial charge in [-0.3, -0.25) is 15.1 Å². The van der Waals surface area contributed by atoms with Crippen LogP contribution < -0.4 is 4.74 Å². The van der Waals surface area contributed by atoms with Gasteiger partial charge in [-0.05, 0) is 24.3 Å². The minimum absolute atomic E-state index is 0.00533. The molecule has 0 spiro atoms. The van der Waals surface area contributed by atoms with Gasteiger partial charge in [-0.15, -0.1) is 0 Å². The van der Waals surface area contributed by atoms with Crippen LogP contribution in [0.25, 0.3) is 10.9 Å². The first-order valence-electron chi connectivity index (χ1n) is 6.77. The molecular formula is C16H7Cl3N2O4. The van der Waals surface area contributed by atoms with Crippen molar-refractivity contribution < 1.29 is 14.5 Å². The lowest BCUT2D eigenvalue weighted by Crippen LogP contribution is -2.10. The van der Waals surface area contributed by atoms with Gasteiger partial charge < -0.3 is 4.74 Å². The number of nitro groups is 1. The van der Waals surface area contributed by atoms with Gasteiger partial charge in [-0.2, -0.15) is 0 Å². The second-order valence-electron chi connectivity index (χ2n) is 4.88. The molecule has 6 nitrogen and oxygen atoms in total. The van der Waals surface area contributed by atoms with Gasteiger partial charge in [0.1, 0.15) is 5.52 Å². The van der Waals surface area contributed by atoms with Crippen molar-refractivity contribution in [2.24, 2.45) is 0 Å². The summed E-state index contributed by atoms with van der Waals surface area (Å²) in [7, 11) is 0. The molecular weight excluding hydrogens is 391 g/mol. The van der Waals surface area contributed by atoms with Crippen molar-refractivity contribution in [3.05, 3.63) is 73.3 Å². The molecule has 0 radical (unpaired) electrons. The van der Waals surface area contributed by atoms with Gasteiger partial charge in [0.2, 0.25) is 0 Å². The van der Waals surface area contributed by atoms with E-state index < -0.39 is 10.9 Å². The number of nitrogens with zero attached hydrogens (tertiary/aromatic N) is 2. The van der Waals surface area contributed by atoms with Crippen LogP contribution in [0.5, 0.6) is 5.75 Å². The van der Waals surface area contributed by atoms with E-state index in [4.69, 9.17) is 39.5 Å². The molecule has 0 aliphatic heterocycles. The maximum Gasteiger partial charge on any atom is 0.345 e. The van der Waals surface area contributed by atoms with E-state index in [0.29, 0.717) is 10.4 Å². The number of rotatable bonds is 3. The van der Waals surface area contributed by atoms with Gasteiger partial charge in [0.05, 0.1) is 25.6 Å². The number of carbonyl (C=O) groups is 1.